The highest BCUT2D eigenvalue weighted by atomic mass is 32.1. The molecule has 0 unspecified atom stereocenters. The highest BCUT2D eigenvalue weighted by Gasteiger charge is 2.19. The second-order valence-electron chi connectivity index (χ2n) is 14.9. The van der Waals surface area contributed by atoms with E-state index in [0.29, 0.717) is 0 Å². The summed E-state index contributed by atoms with van der Waals surface area (Å²) in [4.78, 5) is 10.5. The normalized spacial score (nSPS) is 11.8. The molecule has 4 heteroatoms. The van der Waals surface area contributed by atoms with E-state index in [1.54, 1.807) is 0 Å². The smallest absolute Gasteiger partial charge is 0.143 e. The Kier molecular flexibility index (Phi) is 7.40. The third kappa shape index (κ3) is 5.27. The molecule has 58 heavy (non-hydrogen) atoms. The van der Waals surface area contributed by atoms with Crippen LogP contribution < -0.4 is 0 Å². The predicted molar refractivity (Wildman–Crippen MR) is 244 cm³/mol. The zero-order valence-corrected chi connectivity index (χ0v) is 32.0. The summed E-state index contributed by atoms with van der Waals surface area (Å²) < 4.78 is 9.45. The van der Waals surface area contributed by atoms with Gasteiger partial charge in [-0.2, -0.15) is 0 Å². The average molecular weight is 757 g/mol. The van der Waals surface area contributed by atoms with E-state index in [-0.39, 0.29) is 0 Å². The minimum absolute atomic E-state index is 0.856. The lowest BCUT2D eigenvalue weighted by atomic mass is 9.94. The molecule has 4 heterocycles. The van der Waals surface area contributed by atoms with Crippen molar-refractivity contribution in [3.05, 3.63) is 194 Å². The average Bonchev–Trinajstić information content (AvgIpc) is 3.87. The number of thiophene rings is 1. The van der Waals surface area contributed by atoms with E-state index in [1.807, 2.05) is 23.5 Å². The van der Waals surface area contributed by atoms with Crippen LogP contribution in [0.3, 0.4) is 0 Å². The van der Waals surface area contributed by atoms with Gasteiger partial charge in [0.2, 0.25) is 0 Å². The van der Waals surface area contributed by atoms with Crippen LogP contribution in [-0.4, -0.2) is 9.97 Å². The Morgan fingerprint density at radius 3 is 1.76 bits per heavy atom. The van der Waals surface area contributed by atoms with Crippen molar-refractivity contribution in [1.29, 1.82) is 0 Å². The summed E-state index contributed by atoms with van der Waals surface area (Å²) in [6.07, 6.45) is 0. The summed E-state index contributed by atoms with van der Waals surface area (Å²) in [6, 6.07) is 68.8. The van der Waals surface area contributed by atoms with Gasteiger partial charge < -0.3 is 4.42 Å². The zero-order chi connectivity index (χ0) is 38.2. The Morgan fingerprint density at radius 2 is 1.00 bits per heavy atom. The largest absolute Gasteiger partial charge is 0.455 e. The van der Waals surface area contributed by atoms with Gasteiger partial charge in [0.05, 0.1) is 22.6 Å². The highest BCUT2D eigenvalue weighted by Crippen LogP contribution is 2.45. The molecule has 4 aromatic heterocycles. The van der Waals surface area contributed by atoms with Gasteiger partial charge in [-0.1, -0.05) is 146 Å². The molecule has 0 aliphatic carbocycles. The SMILES string of the molecule is c1ccc(-c2cc(-c3cccc4c3oc3cc(-c5ccc6nc(-c7ccccc7)c7ccc8sc9ccccc9c8c7c6c5)ccc34)cc(-c3ccccc3)n2)cc1. The fraction of sp³-hybridized carbons (Fsp3) is 0. The van der Waals surface area contributed by atoms with E-state index < -0.39 is 0 Å². The minimum atomic E-state index is 0.856. The van der Waals surface area contributed by atoms with Gasteiger partial charge in [-0.15, -0.1) is 11.3 Å². The maximum atomic E-state index is 6.88. The molecule has 3 nitrogen and oxygen atoms in total. The zero-order valence-electron chi connectivity index (χ0n) is 31.2. The first kappa shape index (κ1) is 32.8. The van der Waals surface area contributed by atoms with Gasteiger partial charge in [-0.05, 0) is 65.2 Å². The number of rotatable bonds is 5. The lowest BCUT2D eigenvalue weighted by molar-refractivity contribution is 0.670. The maximum Gasteiger partial charge on any atom is 0.143 e. The van der Waals surface area contributed by atoms with Crippen LogP contribution >= 0.6 is 11.3 Å². The van der Waals surface area contributed by atoms with E-state index in [2.05, 4.69) is 182 Å². The van der Waals surface area contributed by atoms with Gasteiger partial charge in [-0.3, -0.25) is 0 Å². The van der Waals surface area contributed by atoms with Crippen LogP contribution in [-0.2, 0) is 0 Å². The summed E-state index contributed by atoms with van der Waals surface area (Å²) in [5, 5.41) is 8.31. The van der Waals surface area contributed by atoms with Gasteiger partial charge >= 0.3 is 0 Å². The lowest BCUT2D eigenvalue weighted by Gasteiger charge is -2.13. The van der Waals surface area contributed by atoms with Crippen LogP contribution in [0.15, 0.2) is 199 Å². The van der Waals surface area contributed by atoms with Gasteiger partial charge in [0.15, 0.2) is 0 Å². The Bertz CT molecular complexity index is 3490. The van der Waals surface area contributed by atoms with Crippen molar-refractivity contribution in [1.82, 2.24) is 9.97 Å². The van der Waals surface area contributed by atoms with E-state index >= 15 is 0 Å². The summed E-state index contributed by atoms with van der Waals surface area (Å²) in [7, 11) is 0. The molecule has 0 bridgehead atoms. The topological polar surface area (TPSA) is 38.9 Å². The Balaban J connectivity index is 1.04. The van der Waals surface area contributed by atoms with Gasteiger partial charge in [0, 0.05) is 69.4 Å². The van der Waals surface area contributed by atoms with Crippen LogP contribution in [0, 0.1) is 0 Å². The molecule has 0 amide bonds. The molecule has 12 rings (SSSR count). The molecule has 0 N–H and O–H groups in total. The summed E-state index contributed by atoms with van der Waals surface area (Å²) in [5.74, 6) is 0. The first-order chi connectivity index (χ1) is 28.7. The quantitative estimate of drug-likeness (QED) is 0.164. The van der Waals surface area contributed by atoms with Crippen molar-refractivity contribution in [2.24, 2.45) is 0 Å². The second kappa shape index (κ2) is 13.1. The number of nitrogens with zero attached hydrogens (tertiary/aromatic N) is 2. The van der Waals surface area contributed by atoms with Crippen LogP contribution in [0.2, 0.25) is 0 Å². The Morgan fingerprint density at radius 1 is 0.362 bits per heavy atom. The third-order valence-electron chi connectivity index (χ3n) is 11.5. The van der Waals surface area contributed by atoms with Gasteiger partial charge in [0.25, 0.3) is 0 Å². The van der Waals surface area contributed by atoms with Crippen LogP contribution in [0.4, 0.5) is 0 Å². The molecule has 0 atom stereocenters. The highest BCUT2D eigenvalue weighted by molar-refractivity contribution is 7.26. The summed E-state index contributed by atoms with van der Waals surface area (Å²) in [5.41, 5.74) is 13.1. The fourth-order valence-corrected chi connectivity index (χ4v) is 9.82. The monoisotopic (exact) mass is 756 g/mol. The van der Waals surface area contributed by atoms with E-state index in [4.69, 9.17) is 14.4 Å². The number of furan rings is 1. The molecule has 0 fully saturated rings. The van der Waals surface area contributed by atoms with Gasteiger partial charge in [-0.25, -0.2) is 9.97 Å². The number of benzene rings is 8. The van der Waals surface area contributed by atoms with Crippen molar-refractivity contribution >= 4 is 75.1 Å². The lowest BCUT2D eigenvalue weighted by Crippen LogP contribution is -1.91. The van der Waals surface area contributed by atoms with Crippen molar-refractivity contribution in [2.45, 2.75) is 0 Å². The minimum Gasteiger partial charge on any atom is -0.455 e. The Labute approximate surface area is 338 Å². The molecule has 0 saturated heterocycles. The molecule has 0 radical (unpaired) electrons. The molecule has 0 spiro atoms. The Hall–Kier alpha value is -7.40. The van der Waals surface area contributed by atoms with E-state index in [0.717, 1.165) is 94.3 Å². The van der Waals surface area contributed by atoms with Crippen LogP contribution in [0.1, 0.15) is 0 Å². The first-order valence-corrected chi connectivity index (χ1v) is 20.4. The predicted octanol–water partition coefficient (Wildman–Crippen LogP) is 15.4. The molecule has 0 saturated carbocycles. The summed E-state index contributed by atoms with van der Waals surface area (Å²) >= 11 is 1.85. The molecule has 8 aromatic carbocycles. The number of pyridine rings is 2. The van der Waals surface area contributed by atoms with E-state index in [9.17, 15) is 0 Å². The van der Waals surface area contributed by atoms with Crippen molar-refractivity contribution in [3.63, 3.8) is 0 Å². The number of para-hydroxylation sites is 1. The van der Waals surface area contributed by atoms with Crippen LogP contribution in [0.5, 0.6) is 0 Å². The molecular weight excluding hydrogens is 725 g/mol. The fourth-order valence-electron chi connectivity index (χ4n) is 8.71. The number of hydrogen-bond donors (Lipinski definition) is 0. The number of aromatic nitrogens is 2. The second-order valence-corrected chi connectivity index (χ2v) is 16.0. The molecule has 0 aliphatic rings. The molecule has 0 aliphatic heterocycles. The molecule has 270 valence electrons. The van der Waals surface area contributed by atoms with Gasteiger partial charge in [0.1, 0.15) is 11.2 Å². The summed E-state index contributed by atoms with van der Waals surface area (Å²) in [6.45, 7) is 0. The molecular formula is C54H32N2OS. The standard InChI is InChI=1S/C54H32N2OS/c1-4-13-33(14-5-1)46-30-38(31-47(55-46)34-15-6-2-7-16-34)39-20-12-21-41-40-25-23-37(32-48(40)57-54(39)41)36-24-27-45-44(29-36)51-43(53(56-45)35-17-8-3-9-18-35)26-28-50-52(51)42-19-10-11-22-49(42)58-50/h1-32H. The third-order valence-corrected chi connectivity index (χ3v) is 12.6. The van der Waals surface area contributed by atoms with Crippen LogP contribution in [0.25, 0.3) is 120 Å². The van der Waals surface area contributed by atoms with Crippen molar-refractivity contribution in [2.75, 3.05) is 0 Å². The first-order valence-electron chi connectivity index (χ1n) is 19.6. The van der Waals surface area contributed by atoms with E-state index in [1.165, 1.54) is 25.6 Å². The number of hydrogen-bond acceptors (Lipinski definition) is 4. The number of fused-ring (bicyclic) bond motifs is 10. The maximum absolute atomic E-state index is 6.88. The molecule has 12 aromatic rings. The van der Waals surface area contributed by atoms with Crippen molar-refractivity contribution < 1.29 is 4.42 Å². The van der Waals surface area contributed by atoms with Crippen molar-refractivity contribution in [3.8, 4) is 56.0 Å².